The number of hydrogen-bond donors (Lipinski definition) is 1. The molecule has 1 aliphatic rings. The molecule has 0 spiro atoms. The third-order valence-electron chi connectivity index (χ3n) is 3.41. The number of aromatic carboxylic acids is 1. The Balaban J connectivity index is 2.31. The largest absolute Gasteiger partial charge is 0.478 e. The predicted molar refractivity (Wildman–Crippen MR) is 71.4 cm³/mol. The Morgan fingerprint density at radius 3 is 2.43 bits per heavy atom. The first-order valence-electron chi connectivity index (χ1n) is 6.04. The third kappa shape index (κ3) is 1.74. The van der Waals surface area contributed by atoms with Crippen molar-refractivity contribution in [2.24, 2.45) is 0 Å². The SMILES string of the molecule is N#Cc1cccc2c1C(=O)c1ccc(C(=O)O)cc1C2=O. The van der Waals surface area contributed by atoms with Gasteiger partial charge in [-0.15, -0.1) is 0 Å². The van der Waals surface area contributed by atoms with Crippen molar-refractivity contribution in [3.8, 4) is 6.07 Å². The lowest BCUT2D eigenvalue weighted by molar-refractivity contribution is 0.0696. The molecule has 0 unspecified atom stereocenters. The van der Waals surface area contributed by atoms with Gasteiger partial charge in [0.05, 0.1) is 22.8 Å². The van der Waals surface area contributed by atoms with Crippen molar-refractivity contribution in [3.05, 3.63) is 69.8 Å². The fraction of sp³-hybridized carbons (Fsp3) is 0. The minimum Gasteiger partial charge on any atom is -0.478 e. The molecular formula is C16H7NO4. The summed E-state index contributed by atoms with van der Waals surface area (Å²) in [6.07, 6.45) is 0. The first kappa shape index (κ1) is 12.8. The predicted octanol–water partition coefficient (Wildman–Crippen LogP) is 2.03. The van der Waals surface area contributed by atoms with Crippen LogP contribution in [0.15, 0.2) is 36.4 Å². The molecule has 5 heteroatoms. The topological polar surface area (TPSA) is 95.2 Å². The summed E-state index contributed by atoms with van der Waals surface area (Å²) in [5.74, 6) is -2.05. The highest BCUT2D eigenvalue weighted by Gasteiger charge is 2.32. The second-order valence-corrected chi connectivity index (χ2v) is 4.56. The molecule has 0 heterocycles. The zero-order valence-corrected chi connectivity index (χ0v) is 10.6. The normalized spacial score (nSPS) is 12.3. The van der Waals surface area contributed by atoms with Crippen LogP contribution in [0, 0.1) is 11.3 Å². The third-order valence-corrected chi connectivity index (χ3v) is 3.41. The first-order valence-corrected chi connectivity index (χ1v) is 6.04. The molecular weight excluding hydrogens is 270 g/mol. The number of nitrogens with zero attached hydrogens (tertiary/aromatic N) is 1. The highest BCUT2D eigenvalue weighted by Crippen LogP contribution is 2.29. The Hall–Kier alpha value is -3.26. The van der Waals surface area contributed by atoms with Crippen LogP contribution in [-0.2, 0) is 0 Å². The molecule has 2 aromatic carbocycles. The van der Waals surface area contributed by atoms with Crippen LogP contribution in [0.25, 0.3) is 0 Å². The minimum absolute atomic E-state index is 0.0579. The van der Waals surface area contributed by atoms with Crippen LogP contribution in [-0.4, -0.2) is 22.6 Å². The maximum absolute atomic E-state index is 12.5. The van der Waals surface area contributed by atoms with Gasteiger partial charge in [0, 0.05) is 16.7 Å². The molecule has 5 nitrogen and oxygen atoms in total. The molecule has 0 amide bonds. The number of hydrogen-bond acceptors (Lipinski definition) is 4. The van der Waals surface area contributed by atoms with Crippen LogP contribution in [0.3, 0.4) is 0 Å². The van der Waals surface area contributed by atoms with Crippen molar-refractivity contribution in [1.29, 1.82) is 5.26 Å². The van der Waals surface area contributed by atoms with E-state index >= 15 is 0 Å². The average Bonchev–Trinajstić information content (AvgIpc) is 2.51. The molecule has 1 N–H and O–H groups in total. The van der Waals surface area contributed by atoms with Crippen LogP contribution < -0.4 is 0 Å². The second kappa shape index (κ2) is 4.39. The van der Waals surface area contributed by atoms with E-state index in [4.69, 9.17) is 10.4 Å². The molecule has 3 rings (SSSR count). The number of carbonyl (C=O) groups is 3. The quantitative estimate of drug-likeness (QED) is 0.734. The van der Waals surface area contributed by atoms with Gasteiger partial charge < -0.3 is 5.11 Å². The van der Waals surface area contributed by atoms with Gasteiger partial charge in [-0.2, -0.15) is 5.26 Å². The number of rotatable bonds is 1. The molecule has 0 bridgehead atoms. The molecule has 100 valence electrons. The first-order chi connectivity index (χ1) is 10.0. The number of benzene rings is 2. The summed E-state index contributed by atoms with van der Waals surface area (Å²) in [4.78, 5) is 35.9. The van der Waals surface area contributed by atoms with E-state index in [0.29, 0.717) is 0 Å². The summed E-state index contributed by atoms with van der Waals surface area (Å²) in [7, 11) is 0. The summed E-state index contributed by atoms with van der Waals surface area (Å²) >= 11 is 0. The maximum Gasteiger partial charge on any atom is 0.335 e. The van der Waals surface area contributed by atoms with E-state index in [9.17, 15) is 14.4 Å². The molecule has 1 aliphatic carbocycles. The fourth-order valence-electron chi connectivity index (χ4n) is 2.42. The van der Waals surface area contributed by atoms with E-state index in [2.05, 4.69) is 0 Å². The number of carboxylic acids is 1. The summed E-state index contributed by atoms with van der Waals surface area (Å²) < 4.78 is 0. The lowest BCUT2D eigenvalue weighted by Gasteiger charge is -2.18. The molecule has 0 radical (unpaired) electrons. The Labute approximate surface area is 119 Å². The molecule has 0 aromatic heterocycles. The van der Waals surface area contributed by atoms with E-state index in [1.165, 1.54) is 36.4 Å². The molecule has 21 heavy (non-hydrogen) atoms. The van der Waals surface area contributed by atoms with Crippen LogP contribution >= 0.6 is 0 Å². The van der Waals surface area contributed by atoms with Crippen molar-refractivity contribution in [3.63, 3.8) is 0 Å². The standard InChI is InChI=1S/C16H7NO4/c17-7-9-2-1-3-11-13(9)15(19)10-5-4-8(16(20)21)6-12(10)14(11)18/h1-6H,(H,20,21). The summed E-state index contributed by atoms with van der Waals surface area (Å²) in [6, 6.07) is 10.1. The van der Waals surface area contributed by atoms with Gasteiger partial charge in [-0.05, 0) is 24.3 Å². The van der Waals surface area contributed by atoms with Crippen LogP contribution in [0.1, 0.15) is 47.8 Å². The van der Waals surface area contributed by atoms with E-state index in [1.54, 1.807) is 0 Å². The van der Waals surface area contributed by atoms with Crippen LogP contribution in [0.4, 0.5) is 0 Å². The Morgan fingerprint density at radius 1 is 1.00 bits per heavy atom. The maximum atomic E-state index is 12.5. The summed E-state index contributed by atoms with van der Waals surface area (Å²) in [5.41, 5.74) is 0.478. The van der Waals surface area contributed by atoms with Gasteiger partial charge >= 0.3 is 5.97 Å². The minimum atomic E-state index is -1.17. The van der Waals surface area contributed by atoms with E-state index in [0.717, 1.165) is 0 Å². The summed E-state index contributed by atoms with van der Waals surface area (Å²) in [6.45, 7) is 0. The Morgan fingerprint density at radius 2 is 1.76 bits per heavy atom. The molecule has 2 aromatic rings. The van der Waals surface area contributed by atoms with Gasteiger partial charge in [-0.3, -0.25) is 9.59 Å². The number of nitriles is 1. The van der Waals surface area contributed by atoms with Gasteiger partial charge in [0.1, 0.15) is 0 Å². The van der Waals surface area contributed by atoms with Gasteiger partial charge in [0.2, 0.25) is 0 Å². The van der Waals surface area contributed by atoms with Gasteiger partial charge in [0.25, 0.3) is 0 Å². The van der Waals surface area contributed by atoms with E-state index in [-0.39, 0.29) is 33.4 Å². The lowest BCUT2D eigenvalue weighted by Crippen LogP contribution is -2.22. The number of ketones is 2. The Bertz CT molecular complexity index is 874. The highest BCUT2D eigenvalue weighted by atomic mass is 16.4. The molecule has 0 saturated heterocycles. The van der Waals surface area contributed by atoms with Crippen molar-refractivity contribution < 1.29 is 19.5 Å². The zero-order valence-electron chi connectivity index (χ0n) is 10.6. The molecule has 0 saturated carbocycles. The molecule has 0 aliphatic heterocycles. The number of carbonyl (C=O) groups excluding carboxylic acids is 2. The molecule has 0 fully saturated rings. The lowest BCUT2D eigenvalue weighted by atomic mass is 9.81. The van der Waals surface area contributed by atoms with Gasteiger partial charge in [0.15, 0.2) is 11.6 Å². The van der Waals surface area contributed by atoms with Gasteiger partial charge in [-0.1, -0.05) is 12.1 Å². The summed E-state index contributed by atoms with van der Waals surface area (Å²) in [5, 5.41) is 18.0. The average molecular weight is 277 g/mol. The van der Waals surface area contributed by atoms with Crippen molar-refractivity contribution in [2.75, 3.05) is 0 Å². The van der Waals surface area contributed by atoms with Crippen LogP contribution in [0.5, 0.6) is 0 Å². The second-order valence-electron chi connectivity index (χ2n) is 4.56. The van der Waals surface area contributed by atoms with Gasteiger partial charge in [-0.25, -0.2) is 4.79 Å². The van der Waals surface area contributed by atoms with Crippen molar-refractivity contribution in [2.45, 2.75) is 0 Å². The highest BCUT2D eigenvalue weighted by molar-refractivity contribution is 6.29. The van der Waals surface area contributed by atoms with Crippen molar-refractivity contribution >= 4 is 17.5 Å². The molecule has 0 atom stereocenters. The van der Waals surface area contributed by atoms with Crippen molar-refractivity contribution in [1.82, 2.24) is 0 Å². The van der Waals surface area contributed by atoms with E-state index in [1.807, 2.05) is 6.07 Å². The smallest absolute Gasteiger partial charge is 0.335 e. The Kier molecular flexibility index (Phi) is 2.67. The zero-order chi connectivity index (χ0) is 15.1. The van der Waals surface area contributed by atoms with E-state index < -0.39 is 17.5 Å². The monoisotopic (exact) mass is 277 g/mol. The number of carboxylic acid groups (broad SMARTS) is 1. The number of fused-ring (bicyclic) bond motifs is 2. The van der Waals surface area contributed by atoms with Crippen LogP contribution in [0.2, 0.25) is 0 Å². The fourth-order valence-corrected chi connectivity index (χ4v) is 2.42.